The van der Waals surface area contributed by atoms with E-state index in [1.807, 2.05) is 69.3 Å². The van der Waals surface area contributed by atoms with Crippen LogP contribution in [0.4, 0.5) is 5.69 Å². The molecule has 0 saturated carbocycles. The van der Waals surface area contributed by atoms with Gasteiger partial charge < -0.3 is 5.32 Å². The average Bonchev–Trinajstić information content (AvgIpc) is 2.58. The van der Waals surface area contributed by atoms with Gasteiger partial charge in [-0.05, 0) is 32.4 Å². The van der Waals surface area contributed by atoms with Crippen molar-refractivity contribution in [1.29, 1.82) is 0 Å². The van der Waals surface area contributed by atoms with Crippen molar-refractivity contribution in [2.45, 2.75) is 20.8 Å². The van der Waals surface area contributed by atoms with E-state index < -0.39 is 0 Å². The Morgan fingerprint density at radius 2 is 1.75 bits per heavy atom. The van der Waals surface area contributed by atoms with Gasteiger partial charge in [-0.3, -0.25) is 4.79 Å². The Bertz CT molecular complexity index is 889. The molecule has 0 aliphatic carbocycles. The summed E-state index contributed by atoms with van der Waals surface area (Å²) in [4.78, 5) is 21.3. The van der Waals surface area contributed by atoms with Gasteiger partial charge in [-0.2, -0.15) is 0 Å². The molecular weight excluding hydrogens is 298 g/mol. The van der Waals surface area contributed by atoms with Crippen molar-refractivity contribution in [3.8, 4) is 11.4 Å². The van der Waals surface area contributed by atoms with Crippen molar-refractivity contribution in [3.63, 3.8) is 0 Å². The second-order valence-corrected chi connectivity index (χ2v) is 5.83. The van der Waals surface area contributed by atoms with Crippen molar-refractivity contribution < 1.29 is 4.79 Å². The Balaban J connectivity index is 1.85. The van der Waals surface area contributed by atoms with Crippen molar-refractivity contribution in [2.24, 2.45) is 0 Å². The number of aryl methyl sites for hydroxylation is 3. The fourth-order valence-corrected chi connectivity index (χ4v) is 2.56. The monoisotopic (exact) mass is 317 g/mol. The molecule has 2 aromatic carbocycles. The van der Waals surface area contributed by atoms with Crippen LogP contribution in [0, 0.1) is 20.8 Å². The first-order chi connectivity index (χ1) is 11.5. The van der Waals surface area contributed by atoms with E-state index in [0.29, 0.717) is 17.1 Å². The number of benzene rings is 2. The predicted octanol–water partition coefficient (Wildman–Crippen LogP) is 4.32. The molecule has 3 rings (SSSR count). The fourth-order valence-electron chi connectivity index (χ4n) is 2.56. The average molecular weight is 317 g/mol. The quantitative estimate of drug-likeness (QED) is 0.782. The number of carbonyl (C=O) groups excluding carboxylic acids is 1. The first-order valence-corrected chi connectivity index (χ1v) is 7.82. The van der Waals surface area contributed by atoms with Crippen molar-refractivity contribution in [1.82, 2.24) is 9.97 Å². The van der Waals surface area contributed by atoms with Crippen LogP contribution in [0.3, 0.4) is 0 Å². The van der Waals surface area contributed by atoms with Crippen molar-refractivity contribution >= 4 is 11.6 Å². The molecule has 3 aromatic rings. The molecule has 0 unspecified atom stereocenters. The zero-order valence-electron chi connectivity index (χ0n) is 14.0. The topological polar surface area (TPSA) is 54.9 Å². The van der Waals surface area contributed by atoms with Gasteiger partial charge in [0.25, 0.3) is 5.91 Å². The molecule has 1 aromatic heterocycles. The number of amides is 1. The summed E-state index contributed by atoms with van der Waals surface area (Å²) in [5.41, 5.74) is 5.07. The van der Waals surface area contributed by atoms with Gasteiger partial charge in [0.2, 0.25) is 0 Å². The third kappa shape index (κ3) is 3.33. The summed E-state index contributed by atoms with van der Waals surface area (Å²) >= 11 is 0. The van der Waals surface area contributed by atoms with Crippen LogP contribution in [-0.4, -0.2) is 15.9 Å². The highest BCUT2D eigenvalue weighted by atomic mass is 16.1. The summed E-state index contributed by atoms with van der Waals surface area (Å²) in [6, 6.07) is 15.7. The highest BCUT2D eigenvalue weighted by Crippen LogP contribution is 2.19. The van der Waals surface area contributed by atoms with Gasteiger partial charge in [-0.25, -0.2) is 9.97 Å². The Morgan fingerprint density at radius 1 is 1.00 bits per heavy atom. The molecule has 0 aliphatic rings. The minimum Gasteiger partial charge on any atom is -0.322 e. The molecule has 1 heterocycles. The van der Waals surface area contributed by atoms with E-state index in [-0.39, 0.29) is 5.91 Å². The predicted molar refractivity (Wildman–Crippen MR) is 96.1 cm³/mol. The number of nitrogens with zero attached hydrogens (tertiary/aromatic N) is 2. The van der Waals surface area contributed by atoms with Gasteiger partial charge in [-0.1, -0.05) is 48.0 Å². The maximum atomic E-state index is 12.5. The zero-order chi connectivity index (χ0) is 17.1. The second-order valence-electron chi connectivity index (χ2n) is 5.83. The maximum Gasteiger partial charge on any atom is 0.259 e. The molecule has 0 spiro atoms. The minimum atomic E-state index is -0.195. The van der Waals surface area contributed by atoms with Gasteiger partial charge in [0, 0.05) is 17.4 Å². The van der Waals surface area contributed by atoms with E-state index in [0.717, 1.165) is 22.4 Å². The normalized spacial score (nSPS) is 10.5. The number of nitrogens with one attached hydrogen (secondary N) is 1. The van der Waals surface area contributed by atoms with Crippen LogP contribution in [0.15, 0.2) is 54.7 Å². The van der Waals surface area contributed by atoms with Crippen LogP contribution in [0.25, 0.3) is 11.4 Å². The van der Waals surface area contributed by atoms with Crippen LogP contribution in [0.1, 0.15) is 27.2 Å². The van der Waals surface area contributed by atoms with E-state index >= 15 is 0 Å². The fraction of sp³-hybridized carbons (Fsp3) is 0.150. The first-order valence-electron chi connectivity index (χ1n) is 7.82. The van der Waals surface area contributed by atoms with Crippen molar-refractivity contribution in [3.05, 3.63) is 77.1 Å². The van der Waals surface area contributed by atoms with E-state index in [9.17, 15) is 4.79 Å². The second kappa shape index (κ2) is 6.62. The summed E-state index contributed by atoms with van der Waals surface area (Å²) in [6.45, 7) is 5.83. The number of rotatable bonds is 3. The summed E-state index contributed by atoms with van der Waals surface area (Å²) in [6.07, 6.45) is 1.59. The third-order valence-electron chi connectivity index (χ3n) is 3.89. The standard InChI is InChI=1S/C20H19N3O/c1-13-9-10-18(14(2)11-13)23-20(24)17-12-21-19(22-15(17)3)16-7-5-4-6-8-16/h4-12H,1-3H3,(H,23,24). The number of anilines is 1. The number of hydrogen-bond acceptors (Lipinski definition) is 3. The molecule has 1 amide bonds. The molecule has 120 valence electrons. The molecular formula is C20H19N3O. The van der Waals surface area contributed by atoms with Gasteiger partial charge in [0.05, 0.1) is 11.3 Å². The molecule has 0 radical (unpaired) electrons. The molecule has 4 nitrogen and oxygen atoms in total. The summed E-state index contributed by atoms with van der Waals surface area (Å²) in [5.74, 6) is 0.426. The lowest BCUT2D eigenvalue weighted by molar-refractivity contribution is 0.102. The summed E-state index contributed by atoms with van der Waals surface area (Å²) in [5, 5.41) is 2.93. The SMILES string of the molecule is Cc1ccc(NC(=O)c2cnc(-c3ccccc3)nc2C)c(C)c1. The van der Waals surface area contributed by atoms with E-state index in [2.05, 4.69) is 15.3 Å². The molecule has 0 aliphatic heterocycles. The molecule has 0 bridgehead atoms. The Hall–Kier alpha value is -3.01. The van der Waals surface area contributed by atoms with Gasteiger partial charge in [-0.15, -0.1) is 0 Å². The third-order valence-corrected chi connectivity index (χ3v) is 3.89. The van der Waals surface area contributed by atoms with Gasteiger partial charge in [0.15, 0.2) is 5.82 Å². The van der Waals surface area contributed by atoms with Gasteiger partial charge >= 0.3 is 0 Å². The smallest absolute Gasteiger partial charge is 0.259 e. The molecule has 24 heavy (non-hydrogen) atoms. The highest BCUT2D eigenvalue weighted by Gasteiger charge is 2.13. The lowest BCUT2D eigenvalue weighted by Gasteiger charge is -2.11. The van der Waals surface area contributed by atoms with Crippen LogP contribution >= 0.6 is 0 Å². The lowest BCUT2D eigenvalue weighted by Crippen LogP contribution is -2.15. The first kappa shape index (κ1) is 15.9. The van der Waals surface area contributed by atoms with E-state index in [1.165, 1.54) is 0 Å². The van der Waals surface area contributed by atoms with E-state index in [1.54, 1.807) is 6.20 Å². The Kier molecular flexibility index (Phi) is 4.38. The number of aromatic nitrogens is 2. The highest BCUT2D eigenvalue weighted by molar-refractivity contribution is 6.05. The van der Waals surface area contributed by atoms with Crippen molar-refractivity contribution in [2.75, 3.05) is 5.32 Å². The van der Waals surface area contributed by atoms with Crippen LogP contribution in [0.5, 0.6) is 0 Å². The summed E-state index contributed by atoms with van der Waals surface area (Å²) in [7, 11) is 0. The molecule has 0 saturated heterocycles. The van der Waals surface area contributed by atoms with Crippen LogP contribution < -0.4 is 5.32 Å². The number of hydrogen-bond donors (Lipinski definition) is 1. The molecule has 1 N–H and O–H groups in total. The maximum absolute atomic E-state index is 12.5. The lowest BCUT2D eigenvalue weighted by atomic mass is 10.1. The molecule has 4 heteroatoms. The Labute approximate surface area is 141 Å². The van der Waals surface area contributed by atoms with Gasteiger partial charge in [0.1, 0.15) is 0 Å². The molecule has 0 fully saturated rings. The largest absolute Gasteiger partial charge is 0.322 e. The minimum absolute atomic E-state index is 0.195. The molecule has 0 atom stereocenters. The zero-order valence-corrected chi connectivity index (χ0v) is 14.0. The van der Waals surface area contributed by atoms with Crippen LogP contribution in [0.2, 0.25) is 0 Å². The number of carbonyl (C=O) groups is 1. The summed E-state index contributed by atoms with van der Waals surface area (Å²) < 4.78 is 0. The Morgan fingerprint density at radius 3 is 2.42 bits per heavy atom. The van der Waals surface area contributed by atoms with E-state index in [4.69, 9.17) is 0 Å². The van der Waals surface area contributed by atoms with Crippen LogP contribution in [-0.2, 0) is 0 Å².